The van der Waals surface area contributed by atoms with Crippen molar-refractivity contribution in [3.63, 3.8) is 0 Å². The summed E-state index contributed by atoms with van der Waals surface area (Å²) in [6.45, 7) is 2.20. The Balaban J connectivity index is 1.99. The van der Waals surface area contributed by atoms with E-state index >= 15 is 0 Å². The second-order valence-electron chi connectivity index (χ2n) is 4.52. The SMILES string of the molecule is CC1CCC(NC(=O)c2cncc(NN)n2)C1. The molecule has 1 fully saturated rings. The third kappa shape index (κ3) is 2.91. The van der Waals surface area contributed by atoms with Gasteiger partial charge in [0, 0.05) is 6.04 Å². The molecule has 1 amide bonds. The van der Waals surface area contributed by atoms with Crippen LogP contribution in [0.5, 0.6) is 0 Å². The lowest BCUT2D eigenvalue weighted by Gasteiger charge is -2.12. The van der Waals surface area contributed by atoms with Gasteiger partial charge in [0.05, 0.1) is 12.4 Å². The molecule has 17 heavy (non-hydrogen) atoms. The topological polar surface area (TPSA) is 92.9 Å². The van der Waals surface area contributed by atoms with Gasteiger partial charge in [-0.1, -0.05) is 6.92 Å². The molecule has 2 unspecified atom stereocenters. The smallest absolute Gasteiger partial charge is 0.271 e. The van der Waals surface area contributed by atoms with Gasteiger partial charge in [-0.2, -0.15) is 0 Å². The van der Waals surface area contributed by atoms with Gasteiger partial charge < -0.3 is 10.7 Å². The van der Waals surface area contributed by atoms with Crippen LogP contribution < -0.4 is 16.6 Å². The zero-order valence-electron chi connectivity index (χ0n) is 9.81. The first kappa shape index (κ1) is 11.8. The Morgan fingerprint density at radius 3 is 2.94 bits per heavy atom. The van der Waals surface area contributed by atoms with Gasteiger partial charge in [0.25, 0.3) is 5.91 Å². The fraction of sp³-hybridized carbons (Fsp3) is 0.545. The Bertz CT molecular complexity index is 409. The van der Waals surface area contributed by atoms with Crippen molar-refractivity contribution in [3.8, 4) is 0 Å². The fourth-order valence-electron chi connectivity index (χ4n) is 2.14. The van der Waals surface area contributed by atoms with E-state index in [1.165, 1.54) is 18.8 Å². The van der Waals surface area contributed by atoms with Crippen LogP contribution in [0.2, 0.25) is 0 Å². The highest BCUT2D eigenvalue weighted by Gasteiger charge is 2.23. The molecule has 1 aliphatic rings. The van der Waals surface area contributed by atoms with Crippen molar-refractivity contribution in [3.05, 3.63) is 18.1 Å². The van der Waals surface area contributed by atoms with Gasteiger partial charge in [0.1, 0.15) is 5.69 Å². The number of hydrogen-bond donors (Lipinski definition) is 3. The molecule has 1 aliphatic carbocycles. The van der Waals surface area contributed by atoms with Gasteiger partial charge in [-0.25, -0.2) is 10.8 Å². The largest absolute Gasteiger partial charge is 0.348 e. The maximum absolute atomic E-state index is 11.9. The van der Waals surface area contributed by atoms with Crippen LogP contribution in [0, 0.1) is 5.92 Å². The van der Waals surface area contributed by atoms with Crippen molar-refractivity contribution in [2.75, 3.05) is 5.43 Å². The number of nitrogen functional groups attached to an aromatic ring is 1. The molecule has 0 aliphatic heterocycles. The molecule has 0 radical (unpaired) electrons. The van der Waals surface area contributed by atoms with Crippen molar-refractivity contribution in [1.82, 2.24) is 15.3 Å². The molecule has 2 atom stereocenters. The van der Waals surface area contributed by atoms with Gasteiger partial charge in [-0.05, 0) is 25.2 Å². The van der Waals surface area contributed by atoms with Gasteiger partial charge >= 0.3 is 0 Å². The third-order valence-electron chi connectivity index (χ3n) is 3.05. The average Bonchev–Trinajstić information content (AvgIpc) is 2.75. The first-order valence-electron chi connectivity index (χ1n) is 5.78. The summed E-state index contributed by atoms with van der Waals surface area (Å²) < 4.78 is 0. The van der Waals surface area contributed by atoms with Crippen LogP contribution in [0.15, 0.2) is 12.4 Å². The Labute approximate surface area is 100.0 Å². The highest BCUT2D eigenvalue weighted by molar-refractivity contribution is 5.92. The van der Waals surface area contributed by atoms with Gasteiger partial charge in [-0.15, -0.1) is 0 Å². The summed E-state index contributed by atoms with van der Waals surface area (Å²) >= 11 is 0. The van der Waals surface area contributed by atoms with Crippen molar-refractivity contribution in [2.24, 2.45) is 11.8 Å². The molecule has 0 saturated heterocycles. The normalized spacial score (nSPS) is 23.4. The van der Waals surface area contributed by atoms with E-state index in [1.54, 1.807) is 0 Å². The summed E-state index contributed by atoms with van der Waals surface area (Å²) in [6.07, 6.45) is 6.15. The van der Waals surface area contributed by atoms with E-state index in [0.717, 1.165) is 12.8 Å². The molecule has 1 aromatic heterocycles. The molecule has 1 saturated carbocycles. The predicted octanol–water partition coefficient (Wildman–Crippen LogP) is 0.681. The van der Waals surface area contributed by atoms with Crippen molar-refractivity contribution < 1.29 is 4.79 Å². The number of anilines is 1. The van der Waals surface area contributed by atoms with E-state index in [-0.39, 0.29) is 11.9 Å². The Kier molecular flexibility index (Phi) is 3.53. The number of carbonyl (C=O) groups excluding carboxylic acids is 1. The minimum Gasteiger partial charge on any atom is -0.348 e. The number of nitrogens with two attached hydrogens (primary N) is 1. The summed E-state index contributed by atoms with van der Waals surface area (Å²) in [5, 5.41) is 2.97. The Morgan fingerprint density at radius 1 is 1.47 bits per heavy atom. The van der Waals surface area contributed by atoms with E-state index in [9.17, 15) is 4.79 Å². The van der Waals surface area contributed by atoms with E-state index in [1.807, 2.05) is 0 Å². The van der Waals surface area contributed by atoms with Crippen LogP contribution in [0.1, 0.15) is 36.7 Å². The number of amides is 1. The van der Waals surface area contributed by atoms with Crippen molar-refractivity contribution >= 4 is 11.7 Å². The van der Waals surface area contributed by atoms with Crippen LogP contribution in [0.3, 0.4) is 0 Å². The van der Waals surface area contributed by atoms with E-state index < -0.39 is 0 Å². The monoisotopic (exact) mass is 235 g/mol. The van der Waals surface area contributed by atoms with Crippen LogP contribution in [0.25, 0.3) is 0 Å². The molecular weight excluding hydrogens is 218 g/mol. The molecule has 0 bridgehead atoms. The molecule has 4 N–H and O–H groups in total. The van der Waals surface area contributed by atoms with Gasteiger partial charge in [-0.3, -0.25) is 9.78 Å². The standard InChI is InChI=1S/C11H17N5O/c1-7-2-3-8(4-7)14-11(17)9-5-13-6-10(15-9)16-12/h5-8H,2-4,12H2,1H3,(H,14,17)(H,15,16). The summed E-state index contributed by atoms with van der Waals surface area (Å²) in [6, 6.07) is 0.258. The van der Waals surface area contributed by atoms with E-state index in [4.69, 9.17) is 5.84 Å². The average molecular weight is 235 g/mol. The number of nitrogens with one attached hydrogen (secondary N) is 2. The minimum atomic E-state index is -0.186. The zero-order chi connectivity index (χ0) is 12.3. The van der Waals surface area contributed by atoms with Gasteiger partial charge in [0.15, 0.2) is 5.82 Å². The number of aromatic nitrogens is 2. The van der Waals surface area contributed by atoms with Crippen molar-refractivity contribution in [2.45, 2.75) is 32.2 Å². The Morgan fingerprint density at radius 2 is 2.29 bits per heavy atom. The molecule has 6 heteroatoms. The zero-order valence-corrected chi connectivity index (χ0v) is 9.81. The first-order valence-corrected chi connectivity index (χ1v) is 5.78. The predicted molar refractivity (Wildman–Crippen MR) is 64.1 cm³/mol. The molecule has 0 aromatic carbocycles. The van der Waals surface area contributed by atoms with E-state index in [0.29, 0.717) is 17.4 Å². The minimum absolute atomic E-state index is 0.186. The second kappa shape index (κ2) is 5.09. The van der Waals surface area contributed by atoms with Crippen LogP contribution in [-0.2, 0) is 0 Å². The summed E-state index contributed by atoms with van der Waals surface area (Å²) in [5.41, 5.74) is 2.66. The summed E-state index contributed by atoms with van der Waals surface area (Å²) in [7, 11) is 0. The van der Waals surface area contributed by atoms with Crippen LogP contribution in [0.4, 0.5) is 5.82 Å². The lowest BCUT2D eigenvalue weighted by Crippen LogP contribution is -2.33. The molecule has 1 heterocycles. The lowest BCUT2D eigenvalue weighted by atomic mass is 10.1. The highest BCUT2D eigenvalue weighted by Crippen LogP contribution is 2.24. The van der Waals surface area contributed by atoms with Crippen LogP contribution in [-0.4, -0.2) is 21.9 Å². The number of hydrazine groups is 1. The third-order valence-corrected chi connectivity index (χ3v) is 3.05. The number of hydrogen-bond acceptors (Lipinski definition) is 5. The summed E-state index contributed by atoms with van der Waals surface area (Å²) in [5.74, 6) is 6.10. The maximum Gasteiger partial charge on any atom is 0.271 e. The fourth-order valence-corrected chi connectivity index (χ4v) is 2.14. The molecule has 1 aromatic rings. The Hall–Kier alpha value is -1.69. The number of carbonyl (C=O) groups is 1. The molecular formula is C11H17N5O. The van der Waals surface area contributed by atoms with Crippen LogP contribution >= 0.6 is 0 Å². The molecule has 92 valence electrons. The maximum atomic E-state index is 11.9. The number of nitrogens with zero attached hydrogens (tertiary/aromatic N) is 2. The lowest BCUT2D eigenvalue weighted by molar-refractivity contribution is 0.0932. The van der Waals surface area contributed by atoms with Gasteiger partial charge in [0.2, 0.25) is 0 Å². The summed E-state index contributed by atoms with van der Waals surface area (Å²) in [4.78, 5) is 19.8. The van der Waals surface area contributed by atoms with E-state index in [2.05, 4.69) is 27.6 Å². The molecule has 2 rings (SSSR count). The molecule has 0 spiro atoms. The number of rotatable bonds is 3. The quantitative estimate of drug-likeness (QED) is 0.529. The first-order chi connectivity index (χ1) is 8.19. The highest BCUT2D eigenvalue weighted by atomic mass is 16.1. The molecule has 6 nitrogen and oxygen atoms in total. The van der Waals surface area contributed by atoms with Crippen molar-refractivity contribution in [1.29, 1.82) is 0 Å². The second-order valence-corrected chi connectivity index (χ2v) is 4.52.